The van der Waals surface area contributed by atoms with Crippen molar-refractivity contribution in [2.45, 2.75) is 51.4 Å². The van der Waals surface area contributed by atoms with Crippen LogP contribution in [0.15, 0.2) is 29.1 Å². The summed E-state index contributed by atoms with van der Waals surface area (Å²) >= 11 is 0. The number of fused-ring (bicyclic) bond motifs is 1. The van der Waals surface area contributed by atoms with Crippen LogP contribution in [-0.4, -0.2) is 48.4 Å². The number of nitrogens with one attached hydrogen (secondary N) is 3. The average Bonchev–Trinajstić information content (AvgIpc) is 3.40. The Balaban J connectivity index is 1.52. The van der Waals surface area contributed by atoms with E-state index in [1.807, 2.05) is 0 Å². The van der Waals surface area contributed by atoms with Gasteiger partial charge in [-0.15, -0.1) is 0 Å². The number of aromatic amines is 1. The standard InChI is InChI=1S/C22H23F3N8O/c1-11-14(10-34-33-11)16-5-4-13-17(31-32-19(13)29-16)18-15(22(23,24)25)9-26-20(30-18)28-12-6-7-21(2,3)27-8-12/h4-5,9-10,12,27H,6-8H2,1-3H3,(H,26,28,30)(H,29,31,32). The van der Waals surface area contributed by atoms with Gasteiger partial charge >= 0.3 is 6.18 Å². The topological polar surface area (TPSA) is 117 Å². The summed E-state index contributed by atoms with van der Waals surface area (Å²) in [5.74, 6) is 0.127. The lowest BCUT2D eigenvalue weighted by Gasteiger charge is -2.36. The quantitative estimate of drug-likeness (QED) is 0.402. The first-order valence-corrected chi connectivity index (χ1v) is 10.8. The maximum absolute atomic E-state index is 13.8. The van der Waals surface area contributed by atoms with Gasteiger partial charge in [-0.2, -0.15) is 18.3 Å². The van der Waals surface area contributed by atoms with E-state index >= 15 is 0 Å². The number of anilines is 1. The van der Waals surface area contributed by atoms with E-state index in [1.165, 1.54) is 6.26 Å². The maximum Gasteiger partial charge on any atom is 0.420 e. The Morgan fingerprint density at radius 2 is 2.03 bits per heavy atom. The number of hydrogen-bond acceptors (Lipinski definition) is 8. The second kappa shape index (κ2) is 8.05. The number of aromatic nitrogens is 6. The van der Waals surface area contributed by atoms with Crippen LogP contribution in [0, 0.1) is 6.92 Å². The van der Waals surface area contributed by atoms with Gasteiger partial charge in [0.05, 0.1) is 22.6 Å². The van der Waals surface area contributed by atoms with Gasteiger partial charge in [-0.1, -0.05) is 5.16 Å². The zero-order chi connectivity index (χ0) is 24.1. The normalized spacial score (nSPS) is 18.4. The molecule has 4 aromatic rings. The molecular formula is C22H23F3N8O. The van der Waals surface area contributed by atoms with Crippen LogP contribution in [0.25, 0.3) is 33.7 Å². The van der Waals surface area contributed by atoms with Crippen LogP contribution in [0.4, 0.5) is 19.1 Å². The lowest BCUT2D eigenvalue weighted by molar-refractivity contribution is -0.137. The summed E-state index contributed by atoms with van der Waals surface area (Å²) in [5, 5.41) is 17.6. The fourth-order valence-electron chi connectivity index (χ4n) is 4.05. The summed E-state index contributed by atoms with van der Waals surface area (Å²) < 4.78 is 46.5. The highest BCUT2D eigenvalue weighted by Crippen LogP contribution is 2.38. The third kappa shape index (κ3) is 4.20. The predicted octanol–water partition coefficient (Wildman–Crippen LogP) is 4.34. The number of alkyl halides is 3. The van der Waals surface area contributed by atoms with Crippen LogP contribution in [-0.2, 0) is 6.18 Å². The van der Waals surface area contributed by atoms with Crippen molar-refractivity contribution in [3.63, 3.8) is 0 Å². The van der Waals surface area contributed by atoms with E-state index in [-0.39, 0.29) is 34.6 Å². The molecular weight excluding hydrogens is 449 g/mol. The highest BCUT2D eigenvalue weighted by Gasteiger charge is 2.37. The Morgan fingerprint density at radius 1 is 1.21 bits per heavy atom. The minimum Gasteiger partial charge on any atom is -0.364 e. The van der Waals surface area contributed by atoms with Gasteiger partial charge in [-0.3, -0.25) is 5.10 Å². The highest BCUT2D eigenvalue weighted by atomic mass is 19.4. The fourth-order valence-corrected chi connectivity index (χ4v) is 4.05. The highest BCUT2D eigenvalue weighted by molar-refractivity contribution is 5.92. The van der Waals surface area contributed by atoms with Crippen molar-refractivity contribution in [1.29, 1.82) is 0 Å². The lowest BCUT2D eigenvalue weighted by Crippen LogP contribution is -2.50. The molecule has 0 bridgehead atoms. The molecule has 0 aromatic carbocycles. The van der Waals surface area contributed by atoms with E-state index in [1.54, 1.807) is 19.1 Å². The second-order valence-electron chi connectivity index (χ2n) is 9.08. The van der Waals surface area contributed by atoms with Gasteiger partial charge in [0, 0.05) is 29.7 Å². The monoisotopic (exact) mass is 472 g/mol. The molecule has 34 heavy (non-hydrogen) atoms. The van der Waals surface area contributed by atoms with E-state index in [9.17, 15) is 13.2 Å². The molecule has 178 valence electrons. The van der Waals surface area contributed by atoms with Crippen LogP contribution in [0.1, 0.15) is 37.9 Å². The average molecular weight is 472 g/mol. The largest absolute Gasteiger partial charge is 0.420 e. The molecule has 0 aliphatic carbocycles. The maximum atomic E-state index is 13.8. The van der Waals surface area contributed by atoms with Gasteiger partial charge in [0.1, 0.15) is 17.5 Å². The Kier molecular flexibility index (Phi) is 5.27. The van der Waals surface area contributed by atoms with Gasteiger partial charge in [0.2, 0.25) is 5.95 Å². The number of H-pyrrole nitrogens is 1. The molecule has 1 atom stereocenters. The zero-order valence-electron chi connectivity index (χ0n) is 18.8. The number of nitrogens with zero attached hydrogens (tertiary/aromatic N) is 5. The van der Waals surface area contributed by atoms with Crippen LogP contribution < -0.4 is 10.6 Å². The molecule has 1 unspecified atom stereocenters. The van der Waals surface area contributed by atoms with Crippen molar-refractivity contribution in [1.82, 2.24) is 35.6 Å². The van der Waals surface area contributed by atoms with Crippen LogP contribution in [0.5, 0.6) is 0 Å². The minimum absolute atomic E-state index is 0.00663. The van der Waals surface area contributed by atoms with Gasteiger partial charge < -0.3 is 15.2 Å². The van der Waals surface area contributed by atoms with Crippen molar-refractivity contribution in [3.05, 3.63) is 35.9 Å². The van der Waals surface area contributed by atoms with E-state index in [0.29, 0.717) is 28.9 Å². The molecule has 1 saturated heterocycles. The Morgan fingerprint density at radius 3 is 2.71 bits per heavy atom. The first-order chi connectivity index (χ1) is 16.1. The van der Waals surface area contributed by atoms with E-state index in [0.717, 1.165) is 19.0 Å². The SMILES string of the molecule is Cc1nocc1-c1ccc2c(-c3nc(NC4CCC(C)(C)NC4)ncc3C(F)(F)F)[nH]nc2n1. The van der Waals surface area contributed by atoms with Crippen molar-refractivity contribution in [2.75, 3.05) is 11.9 Å². The van der Waals surface area contributed by atoms with Gasteiger partial charge in [-0.25, -0.2) is 15.0 Å². The van der Waals surface area contributed by atoms with Gasteiger partial charge in [0.15, 0.2) is 5.65 Å². The molecule has 1 fully saturated rings. The molecule has 0 spiro atoms. The Labute approximate surface area is 192 Å². The summed E-state index contributed by atoms with van der Waals surface area (Å²) in [7, 11) is 0. The molecule has 9 nitrogen and oxygen atoms in total. The summed E-state index contributed by atoms with van der Waals surface area (Å²) in [5.41, 5.74) is 1.05. The molecule has 1 aliphatic heterocycles. The lowest BCUT2D eigenvalue weighted by atomic mass is 9.91. The molecule has 12 heteroatoms. The Hall–Kier alpha value is -3.54. The molecule has 5 heterocycles. The molecule has 3 N–H and O–H groups in total. The third-order valence-electron chi connectivity index (χ3n) is 6.05. The summed E-state index contributed by atoms with van der Waals surface area (Å²) in [6.07, 6.45) is -0.610. The molecule has 5 rings (SSSR count). The number of hydrogen-bond donors (Lipinski definition) is 3. The first-order valence-electron chi connectivity index (χ1n) is 10.8. The van der Waals surface area contributed by atoms with E-state index in [4.69, 9.17) is 4.52 Å². The summed E-state index contributed by atoms with van der Waals surface area (Å²) in [4.78, 5) is 12.7. The van der Waals surface area contributed by atoms with Crippen molar-refractivity contribution in [2.24, 2.45) is 0 Å². The summed E-state index contributed by atoms with van der Waals surface area (Å²) in [6.45, 7) is 6.66. The smallest absolute Gasteiger partial charge is 0.364 e. The zero-order valence-corrected chi connectivity index (χ0v) is 18.8. The molecule has 0 radical (unpaired) electrons. The van der Waals surface area contributed by atoms with E-state index in [2.05, 4.69) is 54.8 Å². The third-order valence-corrected chi connectivity index (χ3v) is 6.05. The molecule has 4 aromatic heterocycles. The number of halogens is 3. The van der Waals surface area contributed by atoms with Crippen molar-refractivity contribution >= 4 is 17.0 Å². The summed E-state index contributed by atoms with van der Waals surface area (Å²) in [6, 6.07) is 3.35. The molecule has 0 amide bonds. The number of rotatable bonds is 4. The van der Waals surface area contributed by atoms with Gasteiger partial charge in [0.25, 0.3) is 0 Å². The number of piperidine rings is 1. The Bertz CT molecular complexity index is 1330. The molecule has 0 saturated carbocycles. The van der Waals surface area contributed by atoms with E-state index < -0.39 is 11.7 Å². The minimum atomic E-state index is -4.64. The van der Waals surface area contributed by atoms with Crippen LogP contribution in [0.2, 0.25) is 0 Å². The number of pyridine rings is 1. The fraction of sp³-hybridized carbons (Fsp3) is 0.409. The van der Waals surface area contributed by atoms with Crippen LogP contribution >= 0.6 is 0 Å². The van der Waals surface area contributed by atoms with Crippen molar-refractivity contribution in [3.8, 4) is 22.6 Å². The predicted molar refractivity (Wildman–Crippen MR) is 119 cm³/mol. The second-order valence-corrected chi connectivity index (χ2v) is 9.08. The van der Waals surface area contributed by atoms with Gasteiger partial charge in [-0.05, 0) is 45.7 Å². The van der Waals surface area contributed by atoms with Crippen LogP contribution in [0.3, 0.4) is 0 Å². The van der Waals surface area contributed by atoms with Crippen molar-refractivity contribution < 1.29 is 17.7 Å². The molecule has 1 aliphatic rings. The number of aryl methyl sites for hydroxylation is 1. The first kappa shape index (κ1) is 22.3.